The van der Waals surface area contributed by atoms with E-state index >= 15 is 0 Å². The van der Waals surface area contributed by atoms with E-state index in [-0.39, 0.29) is 31.3 Å². The molecule has 2 amide bonds. The van der Waals surface area contributed by atoms with Crippen LogP contribution in [0.2, 0.25) is 0 Å². The van der Waals surface area contributed by atoms with Crippen molar-refractivity contribution in [1.82, 2.24) is 10.2 Å². The molecule has 0 radical (unpaired) electrons. The van der Waals surface area contributed by atoms with Crippen LogP contribution in [0.4, 0.5) is 0 Å². The molecular formula is C18H26N2O4. The van der Waals surface area contributed by atoms with Gasteiger partial charge in [0.2, 0.25) is 11.8 Å². The van der Waals surface area contributed by atoms with Gasteiger partial charge in [0.25, 0.3) is 0 Å². The third-order valence-electron chi connectivity index (χ3n) is 3.85. The van der Waals surface area contributed by atoms with Gasteiger partial charge in [-0.2, -0.15) is 0 Å². The summed E-state index contributed by atoms with van der Waals surface area (Å²) in [5.41, 5.74) is 2.35. The molecule has 0 aromatic heterocycles. The van der Waals surface area contributed by atoms with Crippen LogP contribution in [0.15, 0.2) is 24.3 Å². The predicted octanol–water partition coefficient (Wildman–Crippen LogP) is 1.76. The SMILES string of the molecule is CC(=O)NCCN(C(=O)CCCc1ccc(C)cc1)C(C)C(=O)O. The molecule has 6 nitrogen and oxygen atoms in total. The Bertz CT molecular complexity index is 569. The first-order valence-electron chi connectivity index (χ1n) is 8.13. The molecule has 6 heteroatoms. The highest BCUT2D eigenvalue weighted by atomic mass is 16.4. The molecule has 24 heavy (non-hydrogen) atoms. The molecule has 0 aliphatic rings. The number of rotatable bonds is 9. The fourth-order valence-corrected chi connectivity index (χ4v) is 2.36. The number of carboxylic acid groups (broad SMARTS) is 1. The average Bonchev–Trinajstić information content (AvgIpc) is 2.52. The van der Waals surface area contributed by atoms with Gasteiger partial charge in [-0.25, -0.2) is 4.79 Å². The molecule has 1 aromatic carbocycles. The van der Waals surface area contributed by atoms with Crippen LogP contribution in [0.3, 0.4) is 0 Å². The van der Waals surface area contributed by atoms with E-state index in [1.807, 2.05) is 31.2 Å². The number of carbonyl (C=O) groups excluding carboxylic acids is 2. The van der Waals surface area contributed by atoms with Gasteiger partial charge in [0.1, 0.15) is 6.04 Å². The van der Waals surface area contributed by atoms with Gasteiger partial charge in [-0.15, -0.1) is 0 Å². The molecule has 0 bridgehead atoms. The first-order valence-corrected chi connectivity index (χ1v) is 8.13. The molecule has 1 rings (SSSR count). The molecule has 1 aromatic rings. The Balaban J connectivity index is 2.54. The highest BCUT2D eigenvalue weighted by molar-refractivity contribution is 5.83. The summed E-state index contributed by atoms with van der Waals surface area (Å²) in [5.74, 6) is -1.46. The lowest BCUT2D eigenvalue weighted by Crippen LogP contribution is -2.46. The van der Waals surface area contributed by atoms with Crippen LogP contribution < -0.4 is 5.32 Å². The van der Waals surface area contributed by atoms with Gasteiger partial charge in [0.05, 0.1) is 0 Å². The maximum absolute atomic E-state index is 12.4. The smallest absolute Gasteiger partial charge is 0.326 e. The van der Waals surface area contributed by atoms with Crippen molar-refractivity contribution < 1.29 is 19.5 Å². The van der Waals surface area contributed by atoms with Gasteiger partial charge < -0.3 is 15.3 Å². The molecule has 0 heterocycles. The van der Waals surface area contributed by atoms with Crippen LogP contribution in [0.25, 0.3) is 0 Å². The Labute approximate surface area is 142 Å². The van der Waals surface area contributed by atoms with Gasteiger partial charge >= 0.3 is 5.97 Å². The van der Waals surface area contributed by atoms with Crippen molar-refractivity contribution in [2.24, 2.45) is 0 Å². The Morgan fingerprint density at radius 3 is 2.38 bits per heavy atom. The number of nitrogens with one attached hydrogen (secondary N) is 1. The van der Waals surface area contributed by atoms with Crippen LogP contribution in [0.1, 0.15) is 37.8 Å². The number of carbonyl (C=O) groups is 3. The van der Waals surface area contributed by atoms with Gasteiger partial charge in [-0.3, -0.25) is 9.59 Å². The third kappa shape index (κ3) is 6.81. The van der Waals surface area contributed by atoms with Crippen molar-refractivity contribution >= 4 is 17.8 Å². The maximum atomic E-state index is 12.4. The number of aliphatic carboxylic acids is 1. The van der Waals surface area contributed by atoms with Gasteiger partial charge in [0, 0.05) is 26.4 Å². The van der Waals surface area contributed by atoms with E-state index in [1.54, 1.807) is 0 Å². The third-order valence-corrected chi connectivity index (χ3v) is 3.85. The summed E-state index contributed by atoms with van der Waals surface area (Å²) in [7, 11) is 0. The van der Waals surface area contributed by atoms with Crippen molar-refractivity contribution in [1.29, 1.82) is 0 Å². The van der Waals surface area contributed by atoms with Crippen molar-refractivity contribution in [3.05, 3.63) is 35.4 Å². The Morgan fingerprint density at radius 1 is 1.21 bits per heavy atom. The molecular weight excluding hydrogens is 308 g/mol. The summed E-state index contributed by atoms with van der Waals surface area (Å²) in [6.45, 7) is 5.32. The van der Waals surface area contributed by atoms with Crippen LogP contribution >= 0.6 is 0 Å². The fraction of sp³-hybridized carbons (Fsp3) is 0.500. The lowest BCUT2D eigenvalue weighted by Gasteiger charge is -2.26. The van der Waals surface area contributed by atoms with Crippen molar-refractivity contribution in [3.63, 3.8) is 0 Å². The van der Waals surface area contributed by atoms with E-state index in [1.165, 1.54) is 24.3 Å². The highest BCUT2D eigenvalue weighted by Crippen LogP contribution is 2.10. The molecule has 1 unspecified atom stereocenters. The van der Waals surface area contributed by atoms with Crippen molar-refractivity contribution in [3.8, 4) is 0 Å². The second kappa shape index (κ2) is 9.70. The summed E-state index contributed by atoms with van der Waals surface area (Å²) in [6.07, 6.45) is 1.71. The topological polar surface area (TPSA) is 86.7 Å². The Kier molecular flexibility index (Phi) is 7.95. The van der Waals surface area contributed by atoms with Crippen LogP contribution in [0.5, 0.6) is 0 Å². The van der Waals surface area contributed by atoms with Crippen LogP contribution in [0, 0.1) is 6.92 Å². The zero-order valence-corrected chi connectivity index (χ0v) is 14.5. The number of benzene rings is 1. The number of amides is 2. The van der Waals surface area contributed by atoms with E-state index in [0.717, 1.165) is 12.0 Å². The van der Waals surface area contributed by atoms with Gasteiger partial charge in [0.15, 0.2) is 0 Å². The van der Waals surface area contributed by atoms with E-state index in [0.29, 0.717) is 6.42 Å². The lowest BCUT2D eigenvalue weighted by molar-refractivity contribution is -0.149. The van der Waals surface area contributed by atoms with E-state index in [2.05, 4.69) is 5.32 Å². The molecule has 1 atom stereocenters. The molecule has 0 spiro atoms. The number of aryl methyl sites for hydroxylation is 2. The van der Waals surface area contributed by atoms with Gasteiger partial charge in [-0.05, 0) is 32.3 Å². The fourth-order valence-electron chi connectivity index (χ4n) is 2.36. The van der Waals surface area contributed by atoms with Crippen LogP contribution in [-0.2, 0) is 20.8 Å². The monoisotopic (exact) mass is 334 g/mol. The molecule has 0 fully saturated rings. The molecule has 0 aliphatic carbocycles. The van der Waals surface area contributed by atoms with E-state index < -0.39 is 12.0 Å². The maximum Gasteiger partial charge on any atom is 0.326 e. The minimum absolute atomic E-state index is 0.191. The zero-order chi connectivity index (χ0) is 18.1. The minimum atomic E-state index is -1.05. The van der Waals surface area contributed by atoms with Crippen molar-refractivity contribution in [2.75, 3.05) is 13.1 Å². The first kappa shape index (κ1) is 19.7. The number of nitrogens with zero attached hydrogens (tertiary/aromatic N) is 1. The Morgan fingerprint density at radius 2 is 1.83 bits per heavy atom. The first-order chi connectivity index (χ1) is 11.3. The van der Waals surface area contributed by atoms with Crippen molar-refractivity contribution in [2.45, 2.75) is 46.1 Å². The molecule has 132 valence electrons. The second-order valence-corrected chi connectivity index (χ2v) is 5.92. The highest BCUT2D eigenvalue weighted by Gasteiger charge is 2.24. The summed E-state index contributed by atoms with van der Waals surface area (Å²) >= 11 is 0. The lowest BCUT2D eigenvalue weighted by atomic mass is 10.1. The second-order valence-electron chi connectivity index (χ2n) is 5.92. The zero-order valence-electron chi connectivity index (χ0n) is 14.5. The van der Waals surface area contributed by atoms with Gasteiger partial charge in [-0.1, -0.05) is 29.8 Å². The molecule has 0 saturated heterocycles. The number of carboxylic acids is 1. The Hall–Kier alpha value is -2.37. The minimum Gasteiger partial charge on any atom is -0.480 e. The largest absolute Gasteiger partial charge is 0.480 e. The predicted molar refractivity (Wildman–Crippen MR) is 91.6 cm³/mol. The quantitative estimate of drug-likeness (QED) is 0.720. The summed E-state index contributed by atoms with van der Waals surface area (Å²) < 4.78 is 0. The molecule has 2 N–H and O–H groups in total. The molecule has 0 aliphatic heterocycles. The average molecular weight is 334 g/mol. The number of hydrogen-bond donors (Lipinski definition) is 2. The molecule has 0 saturated carbocycles. The van der Waals surface area contributed by atoms with E-state index in [4.69, 9.17) is 5.11 Å². The van der Waals surface area contributed by atoms with Crippen LogP contribution in [-0.4, -0.2) is 46.9 Å². The number of hydrogen-bond acceptors (Lipinski definition) is 3. The summed E-state index contributed by atoms with van der Waals surface area (Å²) in [6, 6.07) is 7.22. The standard InChI is InChI=1S/C18H26N2O4/c1-13-7-9-16(10-8-13)5-4-6-17(22)20(14(2)18(23)24)12-11-19-15(3)21/h7-10,14H,4-6,11-12H2,1-3H3,(H,19,21)(H,23,24). The summed E-state index contributed by atoms with van der Waals surface area (Å²) in [4.78, 5) is 35.8. The normalized spacial score (nSPS) is 11.6. The summed E-state index contributed by atoms with van der Waals surface area (Å²) in [5, 5.41) is 11.7. The van der Waals surface area contributed by atoms with E-state index in [9.17, 15) is 14.4 Å².